The van der Waals surface area contributed by atoms with Gasteiger partial charge in [0.25, 0.3) is 0 Å². The van der Waals surface area contributed by atoms with E-state index >= 15 is 0 Å². The molecule has 0 radical (unpaired) electrons. The van der Waals surface area contributed by atoms with Gasteiger partial charge in [-0.3, -0.25) is 4.99 Å². The number of aliphatic imine (C=N–C) groups is 1. The Kier molecular flexibility index (Phi) is 7.92. The van der Waals surface area contributed by atoms with Gasteiger partial charge in [-0.2, -0.15) is 11.8 Å². The largest absolute Gasteiger partial charge is 0.357 e. The molecule has 114 valence electrons. The second-order valence-corrected chi connectivity index (χ2v) is 6.12. The van der Waals surface area contributed by atoms with Gasteiger partial charge in [0.2, 0.25) is 0 Å². The molecule has 20 heavy (non-hydrogen) atoms. The first-order valence-electron chi connectivity index (χ1n) is 6.87. The maximum absolute atomic E-state index is 6.02. The Morgan fingerprint density at radius 2 is 2.30 bits per heavy atom. The molecule has 0 amide bonds. The van der Waals surface area contributed by atoms with E-state index < -0.39 is 0 Å². The molecular weight excluding hydrogens is 292 g/mol. The van der Waals surface area contributed by atoms with Crippen molar-refractivity contribution in [2.75, 3.05) is 32.1 Å². The molecule has 0 aromatic carbocycles. The van der Waals surface area contributed by atoms with Crippen molar-refractivity contribution in [3.05, 3.63) is 23.0 Å². The van der Waals surface area contributed by atoms with Gasteiger partial charge in [0.05, 0.1) is 11.6 Å². The molecule has 0 spiro atoms. The maximum Gasteiger partial charge on any atom is 0.194 e. The van der Waals surface area contributed by atoms with Crippen molar-refractivity contribution in [1.82, 2.24) is 14.8 Å². The first kappa shape index (κ1) is 17.2. The first-order valence-corrected chi connectivity index (χ1v) is 8.64. The van der Waals surface area contributed by atoms with Gasteiger partial charge in [-0.05, 0) is 31.4 Å². The van der Waals surface area contributed by atoms with Gasteiger partial charge in [0.1, 0.15) is 0 Å². The minimum absolute atomic E-state index is 0.776. The Balaban J connectivity index is 2.63. The number of guanidine groups is 1. The van der Waals surface area contributed by atoms with E-state index in [9.17, 15) is 0 Å². The number of nitrogens with zero attached hydrogens (tertiary/aromatic N) is 3. The minimum Gasteiger partial charge on any atom is -0.357 e. The molecule has 6 heteroatoms. The van der Waals surface area contributed by atoms with Crippen LogP contribution in [0, 0.1) is 0 Å². The Morgan fingerprint density at radius 3 is 2.85 bits per heavy atom. The lowest BCUT2D eigenvalue weighted by atomic mass is 10.4. The third-order valence-electron chi connectivity index (χ3n) is 2.94. The summed E-state index contributed by atoms with van der Waals surface area (Å²) in [5, 5.41) is 4.11. The Hall–Kier alpha value is -0.810. The number of nitrogens with one attached hydrogen (secondary N) is 1. The second-order valence-electron chi connectivity index (χ2n) is 4.70. The molecule has 1 heterocycles. The van der Waals surface area contributed by atoms with Crippen LogP contribution in [0.5, 0.6) is 0 Å². The predicted molar refractivity (Wildman–Crippen MR) is 90.9 cm³/mol. The summed E-state index contributed by atoms with van der Waals surface area (Å²) in [6, 6.07) is 2.00. The Bertz CT molecular complexity index is 431. The summed E-state index contributed by atoms with van der Waals surface area (Å²) in [5.41, 5.74) is 1.17. The number of rotatable bonds is 7. The fraction of sp³-hybridized carbons (Fsp3) is 0.643. The van der Waals surface area contributed by atoms with Gasteiger partial charge in [0.15, 0.2) is 5.96 Å². The summed E-state index contributed by atoms with van der Waals surface area (Å²) >= 11 is 7.88. The van der Waals surface area contributed by atoms with E-state index in [-0.39, 0.29) is 0 Å². The molecule has 0 saturated carbocycles. The lowest BCUT2D eigenvalue weighted by molar-refractivity contribution is 0.462. The van der Waals surface area contributed by atoms with Crippen LogP contribution in [0.25, 0.3) is 0 Å². The van der Waals surface area contributed by atoms with E-state index in [2.05, 4.69) is 40.0 Å². The zero-order chi connectivity index (χ0) is 15.0. The van der Waals surface area contributed by atoms with Crippen LogP contribution in [0.15, 0.2) is 17.3 Å². The molecule has 0 unspecified atom stereocenters. The number of aromatic nitrogens is 1. The van der Waals surface area contributed by atoms with Crippen LogP contribution in [0.2, 0.25) is 5.02 Å². The summed E-state index contributed by atoms with van der Waals surface area (Å²) in [4.78, 5) is 6.79. The van der Waals surface area contributed by atoms with Crippen LogP contribution in [0.1, 0.15) is 19.0 Å². The van der Waals surface area contributed by atoms with Crippen LogP contribution >= 0.6 is 23.4 Å². The van der Waals surface area contributed by atoms with Crippen molar-refractivity contribution in [3.8, 4) is 0 Å². The van der Waals surface area contributed by atoms with Crippen molar-refractivity contribution in [3.63, 3.8) is 0 Å². The monoisotopic (exact) mass is 316 g/mol. The number of halogens is 1. The molecule has 1 rings (SSSR count). The number of hydrogen-bond donors (Lipinski definition) is 1. The first-order chi connectivity index (χ1) is 9.58. The van der Waals surface area contributed by atoms with E-state index in [0.717, 1.165) is 42.8 Å². The lowest BCUT2D eigenvalue weighted by Crippen LogP contribution is -2.38. The topological polar surface area (TPSA) is 32.6 Å². The zero-order valence-corrected chi connectivity index (χ0v) is 14.4. The van der Waals surface area contributed by atoms with Crippen molar-refractivity contribution in [1.29, 1.82) is 0 Å². The smallest absolute Gasteiger partial charge is 0.194 e. The van der Waals surface area contributed by atoms with Gasteiger partial charge >= 0.3 is 0 Å². The average molecular weight is 317 g/mol. The predicted octanol–water partition coefficient (Wildman–Crippen LogP) is 2.83. The van der Waals surface area contributed by atoms with Crippen molar-refractivity contribution < 1.29 is 0 Å². The lowest BCUT2D eigenvalue weighted by Gasteiger charge is -2.22. The molecule has 0 fully saturated rings. The summed E-state index contributed by atoms with van der Waals surface area (Å²) in [6.45, 7) is 4.61. The van der Waals surface area contributed by atoms with Gasteiger partial charge in [-0.1, -0.05) is 11.6 Å². The highest BCUT2D eigenvalue weighted by molar-refractivity contribution is 7.98. The van der Waals surface area contributed by atoms with Crippen molar-refractivity contribution >= 4 is 29.3 Å². The quantitative estimate of drug-likeness (QED) is 0.477. The van der Waals surface area contributed by atoms with E-state index in [4.69, 9.17) is 11.6 Å². The third kappa shape index (κ3) is 5.67. The highest BCUT2D eigenvalue weighted by atomic mass is 35.5. The van der Waals surface area contributed by atoms with E-state index in [1.165, 1.54) is 5.69 Å². The molecule has 0 aliphatic carbocycles. The van der Waals surface area contributed by atoms with Crippen LogP contribution in [0.4, 0.5) is 0 Å². The SMILES string of the molecule is CCNC(=NCCCSC)N(C)Cc1cc(Cl)cn1C. The summed E-state index contributed by atoms with van der Waals surface area (Å²) in [5.74, 6) is 2.10. The van der Waals surface area contributed by atoms with Crippen molar-refractivity contribution in [2.45, 2.75) is 19.9 Å². The van der Waals surface area contributed by atoms with E-state index in [0.29, 0.717) is 0 Å². The third-order valence-corrected chi connectivity index (χ3v) is 3.84. The summed E-state index contributed by atoms with van der Waals surface area (Å²) in [7, 11) is 4.06. The van der Waals surface area contributed by atoms with Crippen LogP contribution in [-0.2, 0) is 13.6 Å². The number of aryl methyl sites for hydroxylation is 1. The van der Waals surface area contributed by atoms with Gasteiger partial charge in [-0.15, -0.1) is 0 Å². The van der Waals surface area contributed by atoms with E-state index in [1.807, 2.05) is 31.1 Å². The van der Waals surface area contributed by atoms with Gasteiger partial charge < -0.3 is 14.8 Å². The molecule has 0 saturated heterocycles. The molecule has 1 N–H and O–H groups in total. The standard InChI is InChI=1S/C14H25ClN4S/c1-5-16-14(17-7-6-8-20-4)19(3)11-13-9-12(15)10-18(13)2/h9-10H,5-8,11H2,1-4H3,(H,16,17). The molecule has 1 aromatic heterocycles. The van der Waals surface area contributed by atoms with Gasteiger partial charge in [0, 0.05) is 39.1 Å². The van der Waals surface area contributed by atoms with Gasteiger partial charge in [-0.25, -0.2) is 0 Å². The van der Waals surface area contributed by atoms with Crippen LogP contribution in [-0.4, -0.2) is 47.6 Å². The minimum atomic E-state index is 0.776. The Morgan fingerprint density at radius 1 is 1.55 bits per heavy atom. The molecule has 0 bridgehead atoms. The van der Waals surface area contributed by atoms with Crippen LogP contribution < -0.4 is 5.32 Å². The fourth-order valence-electron chi connectivity index (χ4n) is 1.90. The normalized spacial score (nSPS) is 11.8. The zero-order valence-electron chi connectivity index (χ0n) is 12.8. The molecule has 0 atom stereocenters. The number of hydrogen-bond acceptors (Lipinski definition) is 2. The average Bonchev–Trinajstić information content (AvgIpc) is 2.71. The maximum atomic E-state index is 6.02. The van der Waals surface area contributed by atoms with E-state index in [1.54, 1.807) is 0 Å². The molecule has 0 aliphatic heterocycles. The Labute approximate surface area is 131 Å². The fourth-order valence-corrected chi connectivity index (χ4v) is 2.59. The van der Waals surface area contributed by atoms with Crippen molar-refractivity contribution in [2.24, 2.45) is 12.0 Å². The molecule has 4 nitrogen and oxygen atoms in total. The summed E-state index contributed by atoms with van der Waals surface area (Å²) < 4.78 is 2.05. The summed E-state index contributed by atoms with van der Waals surface area (Å²) in [6.07, 6.45) is 5.16. The second kappa shape index (κ2) is 9.19. The number of thioether (sulfide) groups is 1. The molecule has 0 aliphatic rings. The highest BCUT2D eigenvalue weighted by Crippen LogP contribution is 2.14. The molecule has 1 aromatic rings. The molecular formula is C14H25ClN4S. The van der Waals surface area contributed by atoms with Crippen LogP contribution in [0.3, 0.4) is 0 Å². The highest BCUT2D eigenvalue weighted by Gasteiger charge is 2.09.